The SMILES string of the molecule is COc1cc(C(O)C(OC)c2ccccc2)ccc1Cl. The van der Waals surface area contributed by atoms with E-state index < -0.39 is 12.2 Å². The Morgan fingerprint density at radius 3 is 2.30 bits per heavy atom. The maximum absolute atomic E-state index is 10.5. The lowest BCUT2D eigenvalue weighted by atomic mass is 9.98. The molecular weight excluding hydrogens is 276 g/mol. The van der Waals surface area contributed by atoms with Gasteiger partial charge in [0.25, 0.3) is 0 Å². The number of methoxy groups -OCH3 is 2. The van der Waals surface area contributed by atoms with Crippen LogP contribution in [0.1, 0.15) is 23.3 Å². The molecular formula is C16H17ClO3. The second-order valence-corrected chi connectivity index (χ2v) is 4.81. The molecule has 1 N–H and O–H groups in total. The van der Waals surface area contributed by atoms with E-state index in [9.17, 15) is 5.11 Å². The van der Waals surface area contributed by atoms with Gasteiger partial charge in [-0.25, -0.2) is 0 Å². The number of rotatable bonds is 5. The minimum Gasteiger partial charge on any atom is -0.495 e. The minimum absolute atomic E-state index is 0.443. The Morgan fingerprint density at radius 2 is 1.70 bits per heavy atom. The summed E-state index contributed by atoms with van der Waals surface area (Å²) in [7, 11) is 3.12. The van der Waals surface area contributed by atoms with Crippen LogP contribution in [0.15, 0.2) is 48.5 Å². The third-order valence-corrected chi connectivity index (χ3v) is 3.50. The second kappa shape index (κ2) is 6.75. The predicted octanol–water partition coefficient (Wildman–Crippen LogP) is 3.77. The number of aliphatic hydroxyl groups is 1. The summed E-state index contributed by atoms with van der Waals surface area (Å²) in [5, 5.41) is 11.0. The molecule has 2 atom stereocenters. The van der Waals surface area contributed by atoms with E-state index in [4.69, 9.17) is 21.1 Å². The first kappa shape index (κ1) is 14.9. The van der Waals surface area contributed by atoms with E-state index in [-0.39, 0.29) is 0 Å². The summed E-state index contributed by atoms with van der Waals surface area (Å²) in [6, 6.07) is 14.8. The molecule has 0 radical (unpaired) electrons. The molecule has 0 aromatic heterocycles. The lowest BCUT2D eigenvalue weighted by Crippen LogP contribution is -2.13. The van der Waals surface area contributed by atoms with Gasteiger partial charge in [-0.2, -0.15) is 0 Å². The van der Waals surface area contributed by atoms with Crippen LogP contribution in [-0.4, -0.2) is 19.3 Å². The molecule has 2 aromatic rings. The van der Waals surface area contributed by atoms with Gasteiger partial charge in [0.05, 0.1) is 12.1 Å². The normalized spacial score (nSPS) is 13.8. The largest absolute Gasteiger partial charge is 0.495 e. The fourth-order valence-electron chi connectivity index (χ4n) is 2.13. The zero-order valence-corrected chi connectivity index (χ0v) is 12.2. The first-order chi connectivity index (χ1) is 9.67. The van der Waals surface area contributed by atoms with Gasteiger partial charge in [0.1, 0.15) is 18.0 Å². The van der Waals surface area contributed by atoms with Crippen LogP contribution in [0.25, 0.3) is 0 Å². The average molecular weight is 293 g/mol. The summed E-state index contributed by atoms with van der Waals surface area (Å²) >= 11 is 5.99. The van der Waals surface area contributed by atoms with Crippen molar-refractivity contribution in [3.63, 3.8) is 0 Å². The van der Waals surface area contributed by atoms with E-state index >= 15 is 0 Å². The number of ether oxygens (including phenoxy) is 2. The molecule has 0 saturated heterocycles. The fourth-order valence-corrected chi connectivity index (χ4v) is 2.32. The van der Waals surface area contributed by atoms with Gasteiger partial charge in [0.2, 0.25) is 0 Å². The van der Waals surface area contributed by atoms with Crippen molar-refractivity contribution >= 4 is 11.6 Å². The van der Waals surface area contributed by atoms with Crippen LogP contribution >= 0.6 is 11.6 Å². The van der Waals surface area contributed by atoms with Gasteiger partial charge in [-0.05, 0) is 23.3 Å². The number of aliphatic hydroxyl groups excluding tert-OH is 1. The molecule has 4 heteroatoms. The maximum atomic E-state index is 10.5. The van der Waals surface area contributed by atoms with Gasteiger partial charge in [-0.1, -0.05) is 48.0 Å². The molecule has 0 aliphatic rings. The summed E-state index contributed by atoms with van der Waals surface area (Å²) in [5.74, 6) is 0.533. The molecule has 0 fully saturated rings. The maximum Gasteiger partial charge on any atom is 0.137 e. The second-order valence-electron chi connectivity index (χ2n) is 4.41. The molecule has 0 aliphatic carbocycles. The number of hydrogen-bond acceptors (Lipinski definition) is 3. The van der Waals surface area contributed by atoms with Crippen molar-refractivity contribution in [1.29, 1.82) is 0 Å². The standard InChI is InChI=1S/C16H17ClO3/c1-19-14-10-12(8-9-13(14)17)15(18)16(20-2)11-6-4-3-5-7-11/h3-10,15-16,18H,1-2H3. The molecule has 20 heavy (non-hydrogen) atoms. The number of halogens is 1. The van der Waals surface area contributed by atoms with Gasteiger partial charge < -0.3 is 14.6 Å². The molecule has 0 heterocycles. The van der Waals surface area contributed by atoms with Crippen molar-refractivity contribution in [1.82, 2.24) is 0 Å². The third-order valence-electron chi connectivity index (χ3n) is 3.19. The van der Waals surface area contributed by atoms with Crippen molar-refractivity contribution in [2.24, 2.45) is 0 Å². The van der Waals surface area contributed by atoms with Gasteiger partial charge in [0, 0.05) is 7.11 Å². The summed E-state index contributed by atoms with van der Waals surface area (Å²) in [6.07, 6.45) is -1.24. The van der Waals surface area contributed by atoms with E-state index in [0.29, 0.717) is 16.3 Å². The third kappa shape index (κ3) is 3.12. The molecule has 3 nitrogen and oxygen atoms in total. The van der Waals surface area contributed by atoms with Crippen LogP contribution in [0, 0.1) is 0 Å². The Hall–Kier alpha value is -1.55. The Bertz CT molecular complexity index is 557. The van der Waals surface area contributed by atoms with Crippen LogP contribution < -0.4 is 4.74 Å². The predicted molar refractivity (Wildman–Crippen MR) is 79.2 cm³/mol. The molecule has 0 bridgehead atoms. The van der Waals surface area contributed by atoms with Crippen LogP contribution in [0.3, 0.4) is 0 Å². The number of benzene rings is 2. The highest BCUT2D eigenvalue weighted by Crippen LogP contribution is 2.35. The highest BCUT2D eigenvalue weighted by Gasteiger charge is 2.23. The van der Waals surface area contributed by atoms with Crippen LogP contribution in [0.2, 0.25) is 5.02 Å². The van der Waals surface area contributed by atoms with E-state index in [1.165, 1.54) is 0 Å². The van der Waals surface area contributed by atoms with Gasteiger partial charge >= 0.3 is 0 Å². The Morgan fingerprint density at radius 1 is 1.00 bits per heavy atom. The van der Waals surface area contributed by atoms with Crippen LogP contribution in [0.4, 0.5) is 0 Å². The smallest absolute Gasteiger partial charge is 0.137 e. The lowest BCUT2D eigenvalue weighted by molar-refractivity contribution is -0.0150. The molecule has 0 aliphatic heterocycles. The summed E-state index contributed by atoms with van der Waals surface area (Å²) in [5.41, 5.74) is 1.61. The summed E-state index contributed by atoms with van der Waals surface area (Å²) < 4.78 is 10.6. The molecule has 2 aromatic carbocycles. The van der Waals surface area contributed by atoms with Gasteiger partial charge in [0.15, 0.2) is 0 Å². The van der Waals surface area contributed by atoms with E-state index in [2.05, 4.69) is 0 Å². The van der Waals surface area contributed by atoms with Crippen molar-refractivity contribution < 1.29 is 14.6 Å². The van der Waals surface area contributed by atoms with Crippen molar-refractivity contribution in [3.8, 4) is 5.75 Å². The summed E-state index contributed by atoms with van der Waals surface area (Å²) in [6.45, 7) is 0. The van der Waals surface area contributed by atoms with E-state index in [1.807, 2.05) is 30.3 Å². The zero-order chi connectivity index (χ0) is 14.5. The van der Waals surface area contributed by atoms with Crippen LogP contribution in [0.5, 0.6) is 5.75 Å². The lowest BCUT2D eigenvalue weighted by Gasteiger charge is -2.23. The van der Waals surface area contributed by atoms with Gasteiger partial charge in [-0.3, -0.25) is 0 Å². The quantitative estimate of drug-likeness (QED) is 0.912. The first-order valence-electron chi connectivity index (χ1n) is 6.26. The van der Waals surface area contributed by atoms with E-state index in [0.717, 1.165) is 5.56 Å². The number of hydrogen-bond donors (Lipinski definition) is 1. The topological polar surface area (TPSA) is 38.7 Å². The minimum atomic E-state index is -0.798. The average Bonchev–Trinajstić information content (AvgIpc) is 2.49. The summed E-state index contributed by atoms with van der Waals surface area (Å²) in [4.78, 5) is 0. The Kier molecular flexibility index (Phi) is 5.01. The first-order valence-corrected chi connectivity index (χ1v) is 6.64. The Balaban J connectivity index is 2.31. The van der Waals surface area contributed by atoms with Crippen molar-refractivity contribution in [2.75, 3.05) is 14.2 Å². The van der Waals surface area contributed by atoms with Crippen molar-refractivity contribution in [3.05, 3.63) is 64.7 Å². The highest BCUT2D eigenvalue weighted by molar-refractivity contribution is 6.32. The Labute approximate surface area is 123 Å². The van der Waals surface area contributed by atoms with Crippen molar-refractivity contribution in [2.45, 2.75) is 12.2 Å². The van der Waals surface area contributed by atoms with Crippen LogP contribution in [-0.2, 0) is 4.74 Å². The molecule has 2 rings (SSSR count). The monoisotopic (exact) mass is 292 g/mol. The molecule has 0 saturated carbocycles. The highest BCUT2D eigenvalue weighted by atomic mass is 35.5. The molecule has 2 unspecified atom stereocenters. The fraction of sp³-hybridized carbons (Fsp3) is 0.250. The molecule has 0 spiro atoms. The molecule has 106 valence electrons. The molecule has 0 amide bonds. The van der Waals surface area contributed by atoms with Gasteiger partial charge in [-0.15, -0.1) is 0 Å². The zero-order valence-electron chi connectivity index (χ0n) is 11.4. The van der Waals surface area contributed by atoms with E-state index in [1.54, 1.807) is 32.4 Å².